The third-order valence-corrected chi connectivity index (χ3v) is 10.6. The van der Waals surface area contributed by atoms with E-state index < -0.39 is 36.0 Å². The van der Waals surface area contributed by atoms with Gasteiger partial charge in [-0.15, -0.1) is 0 Å². The van der Waals surface area contributed by atoms with Crippen molar-refractivity contribution in [2.45, 2.75) is 83.9 Å². The molecule has 0 radical (unpaired) electrons. The van der Waals surface area contributed by atoms with E-state index in [-0.39, 0.29) is 24.3 Å². The van der Waals surface area contributed by atoms with E-state index >= 15 is 0 Å². The van der Waals surface area contributed by atoms with Crippen molar-refractivity contribution in [3.05, 3.63) is 59.7 Å². The summed E-state index contributed by atoms with van der Waals surface area (Å²) in [7, 11) is 0. The lowest BCUT2D eigenvalue weighted by Gasteiger charge is -2.29. The molecule has 2 aliphatic carbocycles. The summed E-state index contributed by atoms with van der Waals surface area (Å²) in [6.07, 6.45) is 2.94. The molecule has 2 saturated carbocycles. The molecule has 9 heteroatoms. The summed E-state index contributed by atoms with van der Waals surface area (Å²) in [5.41, 5.74) is 2.00. The molecule has 1 saturated heterocycles. The van der Waals surface area contributed by atoms with Gasteiger partial charge in [-0.3, -0.25) is 9.59 Å². The van der Waals surface area contributed by atoms with Gasteiger partial charge < -0.3 is 30.3 Å². The zero-order valence-corrected chi connectivity index (χ0v) is 25.3. The lowest BCUT2D eigenvalue weighted by molar-refractivity contribution is -0.154. The smallest absolute Gasteiger partial charge is 0.328 e. The van der Waals surface area contributed by atoms with Gasteiger partial charge in [0, 0.05) is 19.4 Å². The molecule has 3 aliphatic rings. The summed E-state index contributed by atoms with van der Waals surface area (Å²) in [5, 5.41) is 32.6. The van der Waals surface area contributed by atoms with Crippen molar-refractivity contribution in [3.8, 4) is 11.5 Å². The van der Waals surface area contributed by atoms with Crippen molar-refractivity contribution < 1.29 is 34.4 Å². The molecule has 6 atom stereocenters. The molecule has 5 rings (SSSR count). The Hall–Kier alpha value is -3.59. The molecule has 2 amide bonds. The standard InChI is InChI=1S/C34H44N2O7/c1-33(2)29-23(13-15-34(29,33)3)14-17-43-32(42)25-10-7-16-36(25)31(41)24(18-21-8-5-4-6-9-21)35-30(40)28(39)20-22-11-12-26(37)27(38)19-22/h4-6,8-9,11-12,19,23-25,28-29,37-39H,7,10,13-18,20H2,1-3H3,(H,35,40)/t23?,24-,25-,28+,29?,34?/m0/s1. The van der Waals surface area contributed by atoms with E-state index in [4.69, 9.17) is 4.74 Å². The molecule has 4 N–H and O–H groups in total. The van der Waals surface area contributed by atoms with Crippen LogP contribution in [0.3, 0.4) is 0 Å². The Balaban J connectivity index is 1.21. The first-order valence-corrected chi connectivity index (χ1v) is 15.4. The van der Waals surface area contributed by atoms with Crippen molar-refractivity contribution in [2.24, 2.45) is 22.7 Å². The number of carbonyl (C=O) groups excluding carboxylic acids is 3. The summed E-state index contributed by atoms with van der Waals surface area (Å²) in [4.78, 5) is 41.6. The number of nitrogens with one attached hydrogen (secondary N) is 1. The number of esters is 1. The van der Waals surface area contributed by atoms with Crippen LogP contribution in [0.25, 0.3) is 0 Å². The third-order valence-electron chi connectivity index (χ3n) is 10.6. The van der Waals surface area contributed by atoms with Gasteiger partial charge in [0.25, 0.3) is 0 Å². The number of phenols is 2. The predicted molar refractivity (Wildman–Crippen MR) is 160 cm³/mol. The average molecular weight is 593 g/mol. The van der Waals surface area contributed by atoms with E-state index in [2.05, 4.69) is 26.1 Å². The number of fused-ring (bicyclic) bond motifs is 1. The van der Waals surface area contributed by atoms with Crippen molar-refractivity contribution in [1.82, 2.24) is 10.2 Å². The van der Waals surface area contributed by atoms with Gasteiger partial charge in [-0.2, -0.15) is 0 Å². The normalized spacial score (nSPS) is 26.8. The Morgan fingerprint density at radius 2 is 1.74 bits per heavy atom. The SMILES string of the molecule is CC1(C)C2C(CCOC(=O)[C@@H]3CCCN3C(=O)[C@H](Cc3ccccc3)NC(=O)[C@H](O)Cc3ccc(O)c(O)c3)CCC21C. The van der Waals surface area contributed by atoms with Crippen LogP contribution >= 0.6 is 0 Å². The van der Waals surface area contributed by atoms with E-state index in [1.54, 1.807) is 0 Å². The molecule has 3 unspecified atom stereocenters. The fraction of sp³-hybridized carbons (Fsp3) is 0.559. The molecule has 0 spiro atoms. The van der Waals surface area contributed by atoms with Crippen LogP contribution in [0, 0.1) is 22.7 Å². The minimum Gasteiger partial charge on any atom is -0.504 e. The van der Waals surface area contributed by atoms with Crippen LogP contribution in [0.1, 0.15) is 64.0 Å². The van der Waals surface area contributed by atoms with E-state index in [0.29, 0.717) is 54.2 Å². The van der Waals surface area contributed by atoms with Gasteiger partial charge in [0.05, 0.1) is 6.61 Å². The topological polar surface area (TPSA) is 136 Å². The Morgan fingerprint density at radius 1 is 1.00 bits per heavy atom. The van der Waals surface area contributed by atoms with Crippen LogP contribution in [-0.4, -0.2) is 69.3 Å². The second kappa shape index (κ2) is 12.2. The third kappa shape index (κ3) is 6.23. The van der Waals surface area contributed by atoms with Crippen molar-refractivity contribution in [3.63, 3.8) is 0 Å². The first kappa shape index (κ1) is 30.9. The van der Waals surface area contributed by atoms with Crippen LogP contribution in [0.15, 0.2) is 48.5 Å². The number of phenolic OH excluding ortho intramolecular Hbond substituents is 2. The zero-order valence-electron chi connectivity index (χ0n) is 25.3. The summed E-state index contributed by atoms with van der Waals surface area (Å²) in [5.74, 6) is -0.976. The Bertz CT molecular complexity index is 1350. The fourth-order valence-electron chi connectivity index (χ4n) is 7.88. The van der Waals surface area contributed by atoms with E-state index in [1.165, 1.54) is 29.5 Å². The molecule has 1 aliphatic heterocycles. The minimum absolute atomic E-state index is 0.122. The molecule has 43 heavy (non-hydrogen) atoms. The quantitative estimate of drug-likeness (QED) is 0.231. The predicted octanol–water partition coefficient (Wildman–Crippen LogP) is 3.73. The van der Waals surface area contributed by atoms with E-state index in [1.807, 2.05) is 30.3 Å². The molecule has 2 aromatic carbocycles. The summed E-state index contributed by atoms with van der Waals surface area (Å²) in [6, 6.07) is 11.6. The molecule has 2 aromatic rings. The number of aliphatic hydroxyl groups excluding tert-OH is 1. The number of nitrogens with zero attached hydrogens (tertiary/aromatic N) is 1. The average Bonchev–Trinajstić information content (AvgIpc) is 3.39. The summed E-state index contributed by atoms with van der Waals surface area (Å²) in [6.45, 7) is 7.76. The number of benzene rings is 2. The van der Waals surface area contributed by atoms with E-state index in [0.717, 1.165) is 18.4 Å². The number of hydrogen-bond acceptors (Lipinski definition) is 7. The lowest BCUT2D eigenvalue weighted by Crippen LogP contribution is -2.54. The molecule has 0 bridgehead atoms. The monoisotopic (exact) mass is 592 g/mol. The maximum absolute atomic E-state index is 13.9. The minimum atomic E-state index is -1.50. The number of likely N-dealkylation sites (tertiary alicyclic amines) is 1. The molecular formula is C34H44N2O7. The fourth-order valence-corrected chi connectivity index (χ4v) is 7.88. The molecule has 1 heterocycles. The Labute approximate surface area is 253 Å². The van der Waals surface area contributed by atoms with Gasteiger partial charge in [0.1, 0.15) is 18.2 Å². The highest BCUT2D eigenvalue weighted by Crippen LogP contribution is 2.78. The highest BCUT2D eigenvalue weighted by molar-refractivity contribution is 5.92. The van der Waals surface area contributed by atoms with Crippen molar-refractivity contribution in [2.75, 3.05) is 13.2 Å². The highest BCUT2D eigenvalue weighted by atomic mass is 16.5. The van der Waals surface area contributed by atoms with Gasteiger partial charge in [0.2, 0.25) is 11.8 Å². The van der Waals surface area contributed by atoms with Crippen LogP contribution < -0.4 is 5.32 Å². The number of ether oxygens (including phenoxy) is 1. The summed E-state index contributed by atoms with van der Waals surface area (Å²) >= 11 is 0. The first-order valence-electron chi connectivity index (χ1n) is 15.4. The van der Waals surface area contributed by atoms with Crippen LogP contribution in [-0.2, 0) is 32.0 Å². The second-order valence-electron chi connectivity index (χ2n) is 13.4. The molecule has 0 aromatic heterocycles. The van der Waals surface area contributed by atoms with Crippen LogP contribution in [0.2, 0.25) is 0 Å². The highest BCUT2D eigenvalue weighted by Gasteiger charge is 2.72. The Kier molecular flexibility index (Phi) is 8.75. The number of rotatable bonds is 11. The molecule has 232 valence electrons. The first-order chi connectivity index (χ1) is 20.4. The van der Waals surface area contributed by atoms with Gasteiger partial charge in [-0.05, 0) is 78.0 Å². The maximum atomic E-state index is 13.9. The number of amides is 2. The molecule has 3 fully saturated rings. The number of carbonyl (C=O) groups is 3. The van der Waals surface area contributed by atoms with Crippen molar-refractivity contribution in [1.29, 1.82) is 0 Å². The van der Waals surface area contributed by atoms with Gasteiger partial charge >= 0.3 is 5.97 Å². The molecule has 9 nitrogen and oxygen atoms in total. The van der Waals surface area contributed by atoms with E-state index in [9.17, 15) is 29.7 Å². The van der Waals surface area contributed by atoms with Gasteiger partial charge in [-0.1, -0.05) is 57.2 Å². The Morgan fingerprint density at radius 3 is 2.42 bits per heavy atom. The largest absolute Gasteiger partial charge is 0.504 e. The number of aromatic hydroxyl groups is 2. The lowest BCUT2D eigenvalue weighted by atomic mass is 9.88. The van der Waals surface area contributed by atoms with Gasteiger partial charge in [0.15, 0.2) is 11.5 Å². The van der Waals surface area contributed by atoms with Gasteiger partial charge in [-0.25, -0.2) is 4.79 Å². The second-order valence-corrected chi connectivity index (χ2v) is 13.4. The molecular weight excluding hydrogens is 548 g/mol. The van der Waals surface area contributed by atoms with Crippen LogP contribution in [0.5, 0.6) is 11.5 Å². The van der Waals surface area contributed by atoms with Crippen LogP contribution in [0.4, 0.5) is 0 Å². The van der Waals surface area contributed by atoms with Crippen molar-refractivity contribution >= 4 is 17.8 Å². The summed E-state index contributed by atoms with van der Waals surface area (Å²) < 4.78 is 5.74. The zero-order chi connectivity index (χ0) is 30.9. The number of aliphatic hydroxyl groups is 1. The number of hydrogen-bond donors (Lipinski definition) is 4. The maximum Gasteiger partial charge on any atom is 0.328 e.